The number of oxime groups is 1. The minimum Gasteiger partial charge on any atom is 0 e. The van der Waals surface area contributed by atoms with Gasteiger partial charge in [-0.3, -0.25) is 4.79 Å². The number of nitrogens with zero attached hydrogens (tertiary/aromatic N) is 1. The van der Waals surface area contributed by atoms with Crippen LogP contribution in [0.2, 0.25) is 0 Å². The van der Waals surface area contributed by atoms with Gasteiger partial charge in [-0.05, 0) is 12.8 Å². The van der Waals surface area contributed by atoms with Crippen molar-refractivity contribution in [3.05, 3.63) is 0 Å². The molecule has 19 heavy (non-hydrogen) atoms. The fourth-order valence-electron chi connectivity index (χ4n) is 0.401. The van der Waals surface area contributed by atoms with E-state index in [1.807, 2.05) is 13.8 Å². The Balaban J connectivity index is -0.0000000180. The van der Waals surface area contributed by atoms with E-state index in [0.717, 1.165) is 19.3 Å². The molecule has 0 unspecified atom stereocenters. The Morgan fingerprint density at radius 1 is 1.37 bits per heavy atom. The quantitative estimate of drug-likeness (QED) is 0.166. The second-order valence-electron chi connectivity index (χ2n) is 2.29. The molecule has 0 aliphatic carbocycles. The Labute approximate surface area is 164 Å². The summed E-state index contributed by atoms with van der Waals surface area (Å²) in [4.78, 5) is 9.60. The molecule has 0 fully saturated rings. The molecule has 0 aliphatic heterocycles. The van der Waals surface area contributed by atoms with Crippen molar-refractivity contribution in [3.63, 3.8) is 0 Å². The number of carboxylic acids is 1. The molecule has 6 nitrogen and oxygen atoms in total. The van der Waals surface area contributed by atoms with Gasteiger partial charge in [0.1, 0.15) is 0 Å². The maximum Gasteiger partial charge on any atom is 0 e. The smallest absolute Gasteiger partial charge is 0 e. The Morgan fingerprint density at radius 2 is 1.74 bits per heavy atom. The van der Waals surface area contributed by atoms with E-state index in [0.29, 0.717) is 15.9 Å². The third-order valence-corrected chi connectivity index (χ3v) is 0.963. The van der Waals surface area contributed by atoms with Crippen molar-refractivity contribution in [1.29, 1.82) is 0 Å². The molecule has 1 radical (unpaired) electrons. The van der Waals surface area contributed by atoms with Gasteiger partial charge >= 0.3 is 55.4 Å². The monoisotopic (exact) mass is 606 g/mol. The van der Waals surface area contributed by atoms with E-state index in [-0.39, 0.29) is 33.8 Å². The van der Waals surface area contributed by atoms with Gasteiger partial charge in [0.25, 0.3) is 0 Å². The fourth-order valence-corrected chi connectivity index (χ4v) is 0.401. The molecule has 5 N–H and O–H groups in total. The topological polar surface area (TPSA) is 116 Å². The first-order chi connectivity index (χ1) is 8.10. The van der Waals surface area contributed by atoms with Gasteiger partial charge in [-0.2, -0.15) is 0 Å². The number of unbranched alkanes of at least 4 members (excludes halogenated alkanes) is 1. The first kappa shape index (κ1) is 37.2. The molecule has 0 heterocycles. The summed E-state index contributed by atoms with van der Waals surface area (Å²) < 4.78 is 0. The zero-order chi connectivity index (χ0) is 14.5. The van der Waals surface area contributed by atoms with Gasteiger partial charge in [0, 0.05) is 34.0 Å². The molecule has 0 spiro atoms. The molecule has 0 aromatic rings. The van der Waals surface area contributed by atoms with E-state index in [1.54, 1.807) is 0 Å². The van der Waals surface area contributed by atoms with Gasteiger partial charge in [0.2, 0.25) is 0 Å². The van der Waals surface area contributed by atoms with Crippen LogP contribution in [0.1, 0.15) is 42.4 Å². The zero-order valence-electron chi connectivity index (χ0n) is 10.7. The molecular formula is C8H25ClI2N2O4V2. The van der Waals surface area contributed by atoms with Crippen molar-refractivity contribution in [3.8, 4) is 0 Å². The second-order valence-corrected chi connectivity index (χ2v) is 14.1. The van der Waals surface area contributed by atoms with Crippen LogP contribution in [0.3, 0.4) is 0 Å². The SMILES string of the molecule is CCC/C=N/O.CCCC(=O)O.Cl.NO.[2HH].[2HH].[I][V][I].[V]. The molecule has 0 aliphatic rings. The predicted molar refractivity (Wildman–Crippen MR) is 93.2 cm³/mol. The van der Waals surface area contributed by atoms with E-state index in [1.165, 1.54) is 6.21 Å². The van der Waals surface area contributed by atoms with E-state index in [2.05, 4.69) is 51.0 Å². The summed E-state index contributed by atoms with van der Waals surface area (Å²) in [6.45, 7) is 3.87. The van der Waals surface area contributed by atoms with Crippen LogP contribution in [0, 0.1) is 0 Å². The maximum atomic E-state index is 9.60. The molecule has 0 rings (SSSR count). The average Bonchev–Trinajstić information content (AvgIpc) is 2.31. The van der Waals surface area contributed by atoms with E-state index < -0.39 is 5.97 Å². The maximum absolute atomic E-state index is 9.60. The fraction of sp³-hybridized carbons (Fsp3) is 0.750. The van der Waals surface area contributed by atoms with Crippen LogP contribution in [0.15, 0.2) is 5.16 Å². The Morgan fingerprint density at radius 3 is 1.79 bits per heavy atom. The number of halogens is 3. The van der Waals surface area contributed by atoms with Crippen LogP contribution in [-0.2, 0) is 32.8 Å². The van der Waals surface area contributed by atoms with Crippen molar-refractivity contribution in [2.24, 2.45) is 11.1 Å². The van der Waals surface area contributed by atoms with Crippen LogP contribution in [0.4, 0.5) is 0 Å². The van der Waals surface area contributed by atoms with Crippen molar-refractivity contribution in [1.82, 2.24) is 0 Å². The summed E-state index contributed by atoms with van der Waals surface area (Å²) >= 11 is 4.74. The van der Waals surface area contributed by atoms with Crippen molar-refractivity contribution >= 4 is 64.5 Å². The van der Waals surface area contributed by atoms with Gasteiger partial charge < -0.3 is 15.5 Å². The summed E-state index contributed by atoms with van der Waals surface area (Å²) in [5, 5.41) is 25.0. The van der Waals surface area contributed by atoms with Gasteiger partial charge in [0.15, 0.2) is 0 Å². The minimum absolute atomic E-state index is 0. The first-order valence-corrected chi connectivity index (χ1v) is 13.7. The van der Waals surface area contributed by atoms with E-state index in [4.69, 9.17) is 15.5 Å². The van der Waals surface area contributed by atoms with Crippen LogP contribution in [0.25, 0.3) is 0 Å². The molecule has 0 saturated heterocycles. The summed E-state index contributed by atoms with van der Waals surface area (Å²) in [5.74, 6) is 2.79. The van der Waals surface area contributed by atoms with E-state index >= 15 is 0 Å². The average molecular weight is 606 g/mol. The number of aliphatic carboxylic acids is 1. The van der Waals surface area contributed by atoms with Gasteiger partial charge in [0.05, 0.1) is 0 Å². The van der Waals surface area contributed by atoms with Gasteiger partial charge in [-0.1, -0.05) is 20.3 Å². The van der Waals surface area contributed by atoms with Crippen molar-refractivity contribution in [2.75, 3.05) is 0 Å². The molecule has 0 aromatic carbocycles. The molecule has 0 bridgehead atoms. The van der Waals surface area contributed by atoms with E-state index in [9.17, 15) is 4.79 Å². The molecular weight excluding hydrogens is 579 g/mol. The Hall–Kier alpha value is 1.78. The minimum atomic E-state index is -0.711. The van der Waals surface area contributed by atoms with Gasteiger partial charge in [-0.15, -0.1) is 17.6 Å². The standard InChI is InChI=1S/C4H9NO.C4H8O2.ClH.2HI.H3NO.2V.2H2/c1-2-3-4-5-6;1-2-3-4(5)6;;;;1-2;;;;/h4,6H,2-3H2,1H3;2-3H2,1H3,(H,5,6);3*1H;2H,1H2;;;2*1H/q;;;;;;;+2;;/p-2/b5-4+;;;;;;;;;/i;;;;;;;;2*1+1. The molecule has 0 aromatic heterocycles. The number of carbonyl (C=O) groups is 1. The predicted octanol–water partition coefficient (Wildman–Crippen LogP) is 4.13. The summed E-state index contributed by atoms with van der Waals surface area (Å²) in [7, 11) is 0.628. The van der Waals surface area contributed by atoms with Crippen LogP contribution >= 0.6 is 52.4 Å². The Bertz CT molecular complexity index is 172. The molecule has 0 saturated carbocycles. The zero-order valence-corrected chi connectivity index (χ0v) is 18.7. The Kier molecular flexibility index (Phi) is 98.5. The summed E-state index contributed by atoms with van der Waals surface area (Å²) in [6, 6.07) is 0. The van der Waals surface area contributed by atoms with Crippen molar-refractivity contribution in [2.45, 2.75) is 39.5 Å². The number of hydrogen-bond acceptors (Lipinski definition) is 5. The molecule has 0 amide bonds. The number of hydrogen-bond donors (Lipinski definition) is 4. The third-order valence-electron chi connectivity index (χ3n) is 0.963. The third kappa shape index (κ3) is 103. The van der Waals surface area contributed by atoms with Crippen LogP contribution < -0.4 is 5.90 Å². The molecule has 0 atom stereocenters. The van der Waals surface area contributed by atoms with Crippen LogP contribution in [0.5, 0.6) is 0 Å². The normalized spacial score (nSPS) is 6.84. The second kappa shape index (κ2) is 50.3. The number of rotatable bonds is 4. The molecule has 11 heteroatoms. The van der Waals surface area contributed by atoms with Crippen LogP contribution in [-0.4, -0.2) is 27.7 Å². The number of carboxylic acid groups (broad SMARTS) is 1. The molecule has 122 valence electrons. The number of nitrogens with two attached hydrogens (primary N) is 1. The van der Waals surface area contributed by atoms with Gasteiger partial charge in [-0.25, -0.2) is 5.90 Å². The first-order valence-electron chi connectivity index (χ1n) is 4.66. The van der Waals surface area contributed by atoms with Crippen molar-refractivity contribution < 1.29 is 51.2 Å². The summed E-state index contributed by atoms with van der Waals surface area (Å²) in [6.07, 6.45) is 4.43. The summed E-state index contributed by atoms with van der Waals surface area (Å²) in [5.41, 5.74) is 0. The largest absolute Gasteiger partial charge is 0 e.